The molecule has 1 unspecified atom stereocenters. The highest BCUT2D eigenvalue weighted by atomic mass is 16.5. The van der Waals surface area contributed by atoms with Crippen LogP contribution in [0.1, 0.15) is 54.0 Å². The number of nitrogens with zero attached hydrogens (tertiary/aromatic N) is 1. The number of aromatic nitrogens is 1. The summed E-state index contributed by atoms with van der Waals surface area (Å²) in [7, 11) is 0. The van der Waals surface area contributed by atoms with Crippen molar-refractivity contribution < 1.29 is 9.84 Å². The number of anilines is 1. The maximum atomic E-state index is 10.2. The van der Waals surface area contributed by atoms with E-state index in [1.807, 2.05) is 18.2 Å². The van der Waals surface area contributed by atoms with E-state index in [-0.39, 0.29) is 5.75 Å². The summed E-state index contributed by atoms with van der Waals surface area (Å²) in [5, 5.41) is 13.7. The second-order valence-electron chi connectivity index (χ2n) is 8.73. The molecule has 2 aromatic rings. The third-order valence-electron chi connectivity index (χ3n) is 6.52. The number of hydrogen-bond acceptors (Lipinski definition) is 6. The van der Waals surface area contributed by atoms with Gasteiger partial charge in [-0.05, 0) is 42.5 Å². The SMILES string of the molecule is CC(CN1CCNCC1)c1c(C2CCOCC2)[nH]c(N)c1/C=C(\N)c1ccccc1O. The third kappa shape index (κ3) is 4.89. The van der Waals surface area contributed by atoms with Crippen LogP contribution in [0.25, 0.3) is 11.8 Å². The van der Waals surface area contributed by atoms with Crippen molar-refractivity contribution in [3.63, 3.8) is 0 Å². The Balaban J connectivity index is 1.72. The van der Waals surface area contributed by atoms with Crippen molar-refractivity contribution in [2.45, 2.75) is 31.6 Å². The first-order chi connectivity index (χ1) is 15.0. The van der Waals surface area contributed by atoms with Gasteiger partial charge in [-0.1, -0.05) is 19.1 Å². The molecule has 7 N–H and O–H groups in total. The van der Waals surface area contributed by atoms with Crippen molar-refractivity contribution in [3.8, 4) is 5.75 Å². The summed E-state index contributed by atoms with van der Waals surface area (Å²) in [6.07, 6.45) is 3.91. The van der Waals surface area contributed by atoms with Crippen LogP contribution in [0.15, 0.2) is 24.3 Å². The van der Waals surface area contributed by atoms with Crippen LogP contribution in [-0.4, -0.2) is 60.9 Å². The Kier molecular flexibility index (Phi) is 6.85. The molecule has 0 amide bonds. The minimum absolute atomic E-state index is 0.172. The van der Waals surface area contributed by atoms with E-state index in [4.69, 9.17) is 16.2 Å². The van der Waals surface area contributed by atoms with E-state index >= 15 is 0 Å². The Morgan fingerprint density at radius 3 is 2.68 bits per heavy atom. The molecule has 7 nitrogen and oxygen atoms in total. The van der Waals surface area contributed by atoms with Crippen LogP contribution in [0.2, 0.25) is 0 Å². The van der Waals surface area contributed by atoms with E-state index in [1.54, 1.807) is 12.1 Å². The van der Waals surface area contributed by atoms with Crippen LogP contribution in [0, 0.1) is 0 Å². The molecule has 1 aromatic heterocycles. The highest BCUT2D eigenvalue weighted by Crippen LogP contribution is 2.39. The molecule has 0 aliphatic carbocycles. The smallest absolute Gasteiger partial charge is 0.124 e. The Morgan fingerprint density at radius 1 is 1.26 bits per heavy atom. The summed E-state index contributed by atoms with van der Waals surface area (Å²) in [6.45, 7) is 8.99. The Bertz CT molecular complexity index is 911. The van der Waals surface area contributed by atoms with Gasteiger partial charge in [0.25, 0.3) is 0 Å². The van der Waals surface area contributed by atoms with Crippen LogP contribution >= 0.6 is 0 Å². The van der Waals surface area contributed by atoms with Crippen LogP contribution in [0.3, 0.4) is 0 Å². The Morgan fingerprint density at radius 2 is 1.97 bits per heavy atom. The lowest BCUT2D eigenvalue weighted by Crippen LogP contribution is -2.44. The minimum Gasteiger partial charge on any atom is -0.507 e. The maximum Gasteiger partial charge on any atom is 0.124 e. The van der Waals surface area contributed by atoms with Gasteiger partial charge in [-0.25, -0.2) is 0 Å². The molecule has 1 aromatic carbocycles. The molecule has 2 fully saturated rings. The number of ether oxygens (including phenoxy) is 1. The topological polar surface area (TPSA) is 113 Å². The number of aromatic amines is 1. The van der Waals surface area contributed by atoms with Crippen LogP contribution in [0.5, 0.6) is 5.75 Å². The summed E-state index contributed by atoms with van der Waals surface area (Å²) >= 11 is 0. The van der Waals surface area contributed by atoms with Gasteiger partial charge in [0.15, 0.2) is 0 Å². The Hall–Kier alpha value is -2.48. The number of aromatic hydroxyl groups is 1. The molecule has 31 heavy (non-hydrogen) atoms. The molecule has 0 bridgehead atoms. The highest BCUT2D eigenvalue weighted by molar-refractivity contribution is 5.86. The summed E-state index contributed by atoms with van der Waals surface area (Å²) in [5.74, 6) is 1.52. The molecular formula is C24H35N5O2. The summed E-state index contributed by atoms with van der Waals surface area (Å²) in [6, 6.07) is 7.14. The molecule has 0 saturated carbocycles. The molecule has 1 atom stereocenters. The monoisotopic (exact) mass is 425 g/mol. The Labute approximate surface area is 184 Å². The van der Waals surface area contributed by atoms with Crippen LogP contribution in [-0.2, 0) is 4.74 Å². The number of piperazine rings is 1. The number of phenols is 1. The van der Waals surface area contributed by atoms with Gasteiger partial charge in [-0.15, -0.1) is 0 Å². The molecule has 2 saturated heterocycles. The molecule has 4 rings (SSSR count). The second kappa shape index (κ2) is 9.77. The maximum absolute atomic E-state index is 10.2. The first-order valence-electron chi connectivity index (χ1n) is 11.3. The standard InChI is InChI=1S/C24H35N5O2/c1-16(15-29-10-8-27-9-11-29)22-19(14-20(25)18-4-2-3-5-21(18)30)24(26)28-23(22)17-6-12-31-13-7-17/h2-5,14,16-17,27-28,30H,6-13,15,25-26H2,1H3/b20-14-. The average molecular weight is 426 g/mol. The van der Waals surface area contributed by atoms with E-state index in [0.29, 0.717) is 28.9 Å². The summed E-state index contributed by atoms with van der Waals surface area (Å²) < 4.78 is 5.60. The van der Waals surface area contributed by atoms with Crippen molar-refractivity contribution >= 4 is 17.6 Å². The molecule has 3 heterocycles. The van der Waals surface area contributed by atoms with Crippen LogP contribution < -0.4 is 16.8 Å². The normalized spacial score (nSPS) is 20.1. The van der Waals surface area contributed by atoms with Crippen molar-refractivity contribution in [3.05, 3.63) is 46.6 Å². The van der Waals surface area contributed by atoms with E-state index in [0.717, 1.165) is 64.3 Å². The summed E-state index contributed by atoms with van der Waals surface area (Å²) in [5.41, 5.74) is 17.5. The quantitative estimate of drug-likeness (QED) is 0.486. The van der Waals surface area contributed by atoms with E-state index in [9.17, 15) is 5.11 Å². The molecular weight excluding hydrogens is 390 g/mol. The van der Waals surface area contributed by atoms with Crippen LogP contribution in [0.4, 0.5) is 5.82 Å². The van der Waals surface area contributed by atoms with Gasteiger partial charge in [-0.3, -0.25) is 0 Å². The minimum atomic E-state index is 0.172. The number of nitrogens with one attached hydrogen (secondary N) is 2. The largest absolute Gasteiger partial charge is 0.507 e. The fourth-order valence-corrected chi connectivity index (χ4v) is 4.89. The number of H-pyrrole nitrogens is 1. The lowest BCUT2D eigenvalue weighted by atomic mass is 9.87. The predicted molar refractivity (Wildman–Crippen MR) is 126 cm³/mol. The first kappa shape index (κ1) is 21.7. The van der Waals surface area contributed by atoms with E-state index in [1.165, 1.54) is 11.3 Å². The zero-order valence-electron chi connectivity index (χ0n) is 18.4. The average Bonchev–Trinajstić information content (AvgIpc) is 3.11. The van der Waals surface area contributed by atoms with Crippen molar-refractivity contribution in [1.82, 2.24) is 15.2 Å². The van der Waals surface area contributed by atoms with Gasteiger partial charge in [-0.2, -0.15) is 0 Å². The zero-order chi connectivity index (χ0) is 21.8. The predicted octanol–water partition coefficient (Wildman–Crippen LogP) is 2.66. The first-order valence-corrected chi connectivity index (χ1v) is 11.3. The molecule has 0 radical (unpaired) electrons. The van der Waals surface area contributed by atoms with Gasteiger partial charge in [0.2, 0.25) is 0 Å². The second-order valence-corrected chi connectivity index (χ2v) is 8.73. The van der Waals surface area contributed by atoms with Crippen molar-refractivity contribution in [1.29, 1.82) is 0 Å². The zero-order valence-corrected chi connectivity index (χ0v) is 18.4. The van der Waals surface area contributed by atoms with Crippen molar-refractivity contribution in [2.24, 2.45) is 5.73 Å². The lowest BCUT2D eigenvalue weighted by molar-refractivity contribution is 0.0843. The number of phenolic OH excluding ortho intramolecular Hbond substituents is 1. The number of benzene rings is 1. The lowest BCUT2D eigenvalue weighted by Gasteiger charge is -2.31. The van der Waals surface area contributed by atoms with Gasteiger partial charge in [0.05, 0.1) is 0 Å². The molecule has 0 spiro atoms. The van der Waals surface area contributed by atoms with Gasteiger partial charge >= 0.3 is 0 Å². The van der Waals surface area contributed by atoms with Gasteiger partial charge < -0.3 is 36.5 Å². The molecule has 168 valence electrons. The van der Waals surface area contributed by atoms with Gasteiger partial charge in [0.1, 0.15) is 11.6 Å². The summed E-state index contributed by atoms with van der Waals surface area (Å²) in [4.78, 5) is 6.01. The van der Waals surface area contributed by atoms with Crippen molar-refractivity contribution in [2.75, 3.05) is 51.7 Å². The number of nitrogen functional groups attached to an aromatic ring is 1. The molecule has 2 aliphatic heterocycles. The third-order valence-corrected chi connectivity index (χ3v) is 6.52. The number of para-hydroxylation sites is 1. The molecule has 2 aliphatic rings. The van der Waals surface area contributed by atoms with E-state index in [2.05, 4.69) is 22.1 Å². The van der Waals surface area contributed by atoms with Gasteiger partial charge in [0, 0.05) is 74.4 Å². The highest BCUT2D eigenvalue weighted by Gasteiger charge is 2.28. The fraction of sp³-hybridized carbons (Fsp3) is 0.500. The fourth-order valence-electron chi connectivity index (χ4n) is 4.89. The number of hydrogen-bond donors (Lipinski definition) is 5. The molecule has 7 heteroatoms. The number of nitrogens with two attached hydrogens (primary N) is 2. The van der Waals surface area contributed by atoms with E-state index < -0.39 is 0 Å². The number of rotatable bonds is 6.